The van der Waals surface area contributed by atoms with Crippen LogP contribution < -0.4 is 10.6 Å². The highest BCUT2D eigenvalue weighted by atomic mass is 32.2. The third-order valence-electron chi connectivity index (χ3n) is 4.53. The van der Waals surface area contributed by atoms with Crippen molar-refractivity contribution >= 4 is 33.3 Å². The number of carbonyl (C=O) groups excluding carboxylic acids is 2. The Bertz CT molecular complexity index is 1020. The van der Waals surface area contributed by atoms with Gasteiger partial charge in [0.25, 0.3) is 0 Å². The maximum Gasteiger partial charge on any atom is 0.337 e. The Labute approximate surface area is 177 Å². The lowest BCUT2D eigenvalue weighted by atomic mass is 10.2. The average Bonchev–Trinajstić information content (AvgIpc) is 2.73. The molecular weight excluding hydrogens is 406 g/mol. The average molecular weight is 434 g/mol. The van der Waals surface area contributed by atoms with E-state index in [4.69, 9.17) is 0 Å². The molecular formula is C21H27N3O5S. The van der Waals surface area contributed by atoms with Crippen molar-refractivity contribution in [3.63, 3.8) is 0 Å². The molecule has 2 rings (SSSR count). The van der Waals surface area contributed by atoms with Gasteiger partial charge in [0.15, 0.2) is 0 Å². The number of ether oxygens (including phenoxy) is 1. The summed E-state index contributed by atoms with van der Waals surface area (Å²) in [6.45, 7) is 5.95. The van der Waals surface area contributed by atoms with Crippen molar-refractivity contribution < 1.29 is 22.7 Å². The van der Waals surface area contributed by atoms with Gasteiger partial charge in [-0.05, 0) is 42.8 Å². The maximum atomic E-state index is 12.8. The molecule has 1 amide bonds. The molecule has 0 atom stereocenters. The molecule has 0 aliphatic heterocycles. The smallest absolute Gasteiger partial charge is 0.337 e. The van der Waals surface area contributed by atoms with Crippen LogP contribution in [0, 0.1) is 6.92 Å². The number of benzene rings is 2. The number of amides is 1. The van der Waals surface area contributed by atoms with E-state index >= 15 is 0 Å². The van der Waals surface area contributed by atoms with E-state index in [1.165, 1.54) is 17.5 Å². The second-order valence-electron chi connectivity index (χ2n) is 6.54. The standard InChI is InChI=1S/C21H27N3O5S/c1-5-24(6-2)30(27,28)19-13-18(11-10-15(19)3)23-20(25)14-22-17-9-7-8-16(12-17)21(26)29-4/h7-13,22H,5-6,14H2,1-4H3,(H,23,25). The van der Waals surface area contributed by atoms with E-state index in [0.717, 1.165) is 0 Å². The molecule has 0 fully saturated rings. The first-order valence-corrected chi connectivity index (χ1v) is 11.0. The fourth-order valence-corrected chi connectivity index (χ4v) is 4.63. The van der Waals surface area contributed by atoms with Gasteiger partial charge in [-0.25, -0.2) is 13.2 Å². The van der Waals surface area contributed by atoms with Crippen LogP contribution in [-0.2, 0) is 19.6 Å². The minimum absolute atomic E-state index is 0.0589. The van der Waals surface area contributed by atoms with Crippen molar-refractivity contribution in [2.75, 3.05) is 37.4 Å². The van der Waals surface area contributed by atoms with Gasteiger partial charge in [0, 0.05) is 24.5 Å². The normalized spacial score (nSPS) is 11.2. The van der Waals surface area contributed by atoms with Crippen LogP contribution in [0.15, 0.2) is 47.4 Å². The summed E-state index contributed by atoms with van der Waals surface area (Å²) in [7, 11) is -2.34. The second kappa shape index (κ2) is 10.2. The SMILES string of the molecule is CCN(CC)S(=O)(=O)c1cc(NC(=O)CNc2cccc(C(=O)OC)c2)ccc1C. The lowest BCUT2D eigenvalue weighted by molar-refractivity contribution is -0.114. The first kappa shape index (κ1) is 23.4. The van der Waals surface area contributed by atoms with E-state index in [9.17, 15) is 18.0 Å². The monoisotopic (exact) mass is 433 g/mol. The van der Waals surface area contributed by atoms with Crippen molar-refractivity contribution in [1.29, 1.82) is 0 Å². The molecule has 0 bridgehead atoms. The Morgan fingerprint density at radius 3 is 2.37 bits per heavy atom. The molecule has 162 valence electrons. The largest absolute Gasteiger partial charge is 0.465 e. The molecule has 0 aliphatic carbocycles. The summed E-state index contributed by atoms with van der Waals surface area (Å²) < 4.78 is 31.7. The fraction of sp³-hybridized carbons (Fsp3) is 0.333. The van der Waals surface area contributed by atoms with Gasteiger partial charge in [-0.1, -0.05) is 26.0 Å². The summed E-state index contributed by atoms with van der Waals surface area (Å²) >= 11 is 0. The maximum absolute atomic E-state index is 12.8. The fourth-order valence-electron chi connectivity index (χ4n) is 2.92. The van der Waals surface area contributed by atoms with Crippen LogP contribution in [0.1, 0.15) is 29.8 Å². The van der Waals surface area contributed by atoms with Crippen LogP contribution in [0.5, 0.6) is 0 Å². The summed E-state index contributed by atoms with van der Waals surface area (Å²) in [4.78, 5) is 24.1. The molecule has 0 aliphatic rings. The third kappa shape index (κ3) is 5.58. The van der Waals surface area contributed by atoms with Crippen LogP contribution in [0.4, 0.5) is 11.4 Å². The van der Waals surface area contributed by atoms with Gasteiger partial charge in [-0.3, -0.25) is 4.79 Å². The molecule has 0 saturated heterocycles. The summed E-state index contributed by atoms with van der Waals surface area (Å²) in [6.07, 6.45) is 0. The molecule has 30 heavy (non-hydrogen) atoms. The lowest BCUT2D eigenvalue weighted by Crippen LogP contribution is -2.31. The number of nitrogens with one attached hydrogen (secondary N) is 2. The highest BCUT2D eigenvalue weighted by Gasteiger charge is 2.24. The number of anilines is 2. The number of hydrogen-bond acceptors (Lipinski definition) is 6. The number of sulfonamides is 1. The highest BCUT2D eigenvalue weighted by molar-refractivity contribution is 7.89. The lowest BCUT2D eigenvalue weighted by Gasteiger charge is -2.20. The van der Waals surface area contributed by atoms with E-state index in [0.29, 0.717) is 35.6 Å². The zero-order valence-electron chi connectivity index (χ0n) is 17.6. The van der Waals surface area contributed by atoms with Gasteiger partial charge in [0.05, 0.1) is 24.1 Å². The van der Waals surface area contributed by atoms with Crippen molar-refractivity contribution in [1.82, 2.24) is 4.31 Å². The van der Waals surface area contributed by atoms with E-state index < -0.39 is 16.0 Å². The molecule has 0 aromatic heterocycles. The predicted octanol–water partition coefficient (Wildman–Crippen LogP) is 2.86. The zero-order chi connectivity index (χ0) is 22.3. The molecule has 0 radical (unpaired) electrons. The summed E-state index contributed by atoms with van der Waals surface area (Å²) in [5.74, 6) is -0.821. The number of aryl methyl sites for hydroxylation is 1. The molecule has 2 aromatic carbocycles. The van der Waals surface area contributed by atoms with Gasteiger partial charge in [-0.2, -0.15) is 4.31 Å². The van der Waals surface area contributed by atoms with Gasteiger partial charge in [0.1, 0.15) is 0 Å². The molecule has 0 saturated carbocycles. The first-order chi connectivity index (χ1) is 14.2. The Morgan fingerprint density at radius 1 is 1.03 bits per heavy atom. The Hall–Kier alpha value is -2.91. The van der Waals surface area contributed by atoms with Crippen LogP contribution >= 0.6 is 0 Å². The van der Waals surface area contributed by atoms with Crippen molar-refractivity contribution in [3.05, 3.63) is 53.6 Å². The van der Waals surface area contributed by atoms with E-state index in [1.807, 2.05) is 0 Å². The Morgan fingerprint density at radius 2 is 1.73 bits per heavy atom. The zero-order valence-corrected chi connectivity index (χ0v) is 18.4. The van der Waals surface area contributed by atoms with Crippen molar-refractivity contribution in [2.45, 2.75) is 25.7 Å². The third-order valence-corrected chi connectivity index (χ3v) is 6.72. The molecule has 0 unspecified atom stereocenters. The van der Waals surface area contributed by atoms with Crippen LogP contribution in [0.2, 0.25) is 0 Å². The van der Waals surface area contributed by atoms with Crippen molar-refractivity contribution in [2.24, 2.45) is 0 Å². The van der Waals surface area contributed by atoms with Gasteiger partial charge < -0.3 is 15.4 Å². The molecule has 0 spiro atoms. The van der Waals surface area contributed by atoms with Gasteiger partial charge in [0.2, 0.25) is 15.9 Å². The van der Waals surface area contributed by atoms with E-state index in [1.54, 1.807) is 57.2 Å². The quantitative estimate of drug-likeness (QED) is 0.589. The Kier molecular flexibility index (Phi) is 7.96. The minimum Gasteiger partial charge on any atom is -0.465 e. The number of carbonyl (C=O) groups is 2. The van der Waals surface area contributed by atoms with E-state index in [-0.39, 0.29) is 17.3 Å². The molecule has 9 heteroatoms. The molecule has 2 N–H and O–H groups in total. The highest BCUT2D eigenvalue weighted by Crippen LogP contribution is 2.23. The summed E-state index contributed by atoms with van der Waals surface area (Å²) in [6, 6.07) is 11.4. The van der Waals surface area contributed by atoms with Gasteiger partial charge in [-0.15, -0.1) is 0 Å². The molecule has 2 aromatic rings. The van der Waals surface area contributed by atoms with Crippen molar-refractivity contribution in [3.8, 4) is 0 Å². The molecule has 8 nitrogen and oxygen atoms in total. The van der Waals surface area contributed by atoms with Crippen LogP contribution in [0.25, 0.3) is 0 Å². The number of nitrogens with zero attached hydrogens (tertiary/aromatic N) is 1. The number of hydrogen-bond donors (Lipinski definition) is 2. The van der Waals surface area contributed by atoms with Gasteiger partial charge >= 0.3 is 5.97 Å². The predicted molar refractivity (Wildman–Crippen MR) is 116 cm³/mol. The van der Waals surface area contributed by atoms with Crippen LogP contribution in [-0.4, -0.2) is 51.3 Å². The molecule has 0 heterocycles. The summed E-state index contributed by atoms with van der Waals surface area (Å²) in [5.41, 5.74) is 1.95. The second-order valence-corrected chi connectivity index (χ2v) is 8.45. The minimum atomic E-state index is -3.64. The topological polar surface area (TPSA) is 105 Å². The number of rotatable bonds is 9. The Balaban J connectivity index is 2.10. The number of methoxy groups -OCH3 is 1. The summed E-state index contributed by atoms with van der Waals surface area (Å²) in [5, 5.41) is 5.63. The first-order valence-electron chi connectivity index (χ1n) is 9.55. The van der Waals surface area contributed by atoms with Crippen LogP contribution in [0.3, 0.4) is 0 Å². The number of esters is 1. The van der Waals surface area contributed by atoms with E-state index in [2.05, 4.69) is 15.4 Å².